The first-order valence-corrected chi connectivity index (χ1v) is 7.32. The summed E-state index contributed by atoms with van der Waals surface area (Å²) in [5.74, 6) is -0.365. The zero-order valence-electron chi connectivity index (χ0n) is 13.8. The Morgan fingerprint density at radius 1 is 0.920 bits per heavy atom. The molecule has 0 aliphatic rings. The van der Waals surface area contributed by atoms with Crippen molar-refractivity contribution in [2.45, 2.75) is 0 Å². The number of esters is 1. The Kier molecular flexibility index (Phi) is 6.33. The number of Topliss-reactive ketones (excluding diaryl/α,β-unsaturated/α-hetero) is 1. The van der Waals surface area contributed by atoms with E-state index in [0.29, 0.717) is 17.2 Å². The van der Waals surface area contributed by atoms with Crippen LogP contribution in [0.4, 0.5) is 4.39 Å². The largest absolute Gasteiger partial charge is 0.497 e. The van der Waals surface area contributed by atoms with Crippen LogP contribution in [0.25, 0.3) is 0 Å². The summed E-state index contributed by atoms with van der Waals surface area (Å²) >= 11 is 0. The number of benzene rings is 2. The van der Waals surface area contributed by atoms with Crippen molar-refractivity contribution in [1.29, 1.82) is 0 Å². The van der Waals surface area contributed by atoms with Crippen LogP contribution in [0.15, 0.2) is 42.5 Å². The number of rotatable bonds is 8. The molecule has 6 nitrogen and oxygen atoms in total. The van der Waals surface area contributed by atoms with E-state index in [4.69, 9.17) is 18.9 Å². The van der Waals surface area contributed by atoms with E-state index in [0.717, 1.165) is 0 Å². The maximum absolute atomic E-state index is 12.8. The van der Waals surface area contributed by atoms with Crippen LogP contribution in [0.2, 0.25) is 0 Å². The average Bonchev–Trinajstić information content (AvgIpc) is 2.65. The molecule has 0 atom stereocenters. The second kappa shape index (κ2) is 8.68. The quantitative estimate of drug-likeness (QED) is 0.539. The number of methoxy groups -OCH3 is 2. The maximum atomic E-state index is 12.8. The lowest BCUT2D eigenvalue weighted by Crippen LogP contribution is -2.19. The van der Waals surface area contributed by atoms with E-state index >= 15 is 0 Å². The first-order chi connectivity index (χ1) is 12.0. The molecule has 7 heteroatoms. The molecule has 0 aromatic heterocycles. The van der Waals surface area contributed by atoms with Crippen LogP contribution < -0.4 is 14.2 Å². The Morgan fingerprint density at radius 3 is 2.24 bits per heavy atom. The summed E-state index contributed by atoms with van der Waals surface area (Å²) in [6.07, 6.45) is 0. The fraction of sp³-hybridized carbons (Fsp3) is 0.222. The molecule has 0 aliphatic carbocycles. The number of carbonyl (C=O) groups is 2. The van der Waals surface area contributed by atoms with Gasteiger partial charge in [0.2, 0.25) is 5.78 Å². The number of carbonyl (C=O) groups excluding carboxylic acids is 2. The molecule has 0 saturated carbocycles. The fourth-order valence-electron chi connectivity index (χ4n) is 1.97. The summed E-state index contributed by atoms with van der Waals surface area (Å²) in [6.45, 7) is -0.840. The molecule has 2 aromatic rings. The number of hydrogen-bond donors (Lipinski definition) is 0. The third kappa shape index (κ3) is 5.20. The van der Waals surface area contributed by atoms with E-state index in [1.54, 1.807) is 12.1 Å². The minimum atomic E-state index is -0.717. The summed E-state index contributed by atoms with van der Waals surface area (Å²) < 4.78 is 33.0. The van der Waals surface area contributed by atoms with E-state index in [2.05, 4.69) is 0 Å². The number of ether oxygens (including phenoxy) is 4. The lowest BCUT2D eigenvalue weighted by atomic mass is 10.1. The average molecular weight is 348 g/mol. The topological polar surface area (TPSA) is 71.1 Å². The van der Waals surface area contributed by atoms with Crippen molar-refractivity contribution in [2.24, 2.45) is 0 Å². The van der Waals surface area contributed by atoms with Crippen LogP contribution in [0.5, 0.6) is 17.2 Å². The minimum absolute atomic E-state index is 0.274. The number of hydrogen-bond acceptors (Lipinski definition) is 6. The summed E-state index contributed by atoms with van der Waals surface area (Å²) in [7, 11) is 2.92. The van der Waals surface area contributed by atoms with Gasteiger partial charge in [0.25, 0.3) is 0 Å². The van der Waals surface area contributed by atoms with Crippen molar-refractivity contribution in [3.8, 4) is 17.2 Å². The van der Waals surface area contributed by atoms with Crippen LogP contribution in [-0.4, -0.2) is 39.2 Å². The zero-order valence-corrected chi connectivity index (χ0v) is 13.8. The molecule has 25 heavy (non-hydrogen) atoms. The fourth-order valence-corrected chi connectivity index (χ4v) is 1.97. The second-order valence-corrected chi connectivity index (χ2v) is 4.89. The number of halogens is 1. The van der Waals surface area contributed by atoms with Gasteiger partial charge in [-0.05, 0) is 36.4 Å². The maximum Gasteiger partial charge on any atom is 0.344 e. The molecule has 0 bridgehead atoms. The van der Waals surface area contributed by atoms with Gasteiger partial charge in [-0.2, -0.15) is 0 Å². The van der Waals surface area contributed by atoms with Crippen molar-refractivity contribution in [3.63, 3.8) is 0 Å². The highest BCUT2D eigenvalue weighted by Gasteiger charge is 2.16. The highest BCUT2D eigenvalue weighted by Crippen LogP contribution is 2.25. The van der Waals surface area contributed by atoms with Crippen LogP contribution in [0.3, 0.4) is 0 Å². The van der Waals surface area contributed by atoms with E-state index in [1.165, 1.54) is 44.6 Å². The molecule has 0 N–H and O–H groups in total. The molecule has 132 valence electrons. The highest BCUT2D eigenvalue weighted by molar-refractivity contribution is 6.00. The smallest absolute Gasteiger partial charge is 0.344 e. The Morgan fingerprint density at radius 2 is 1.60 bits per heavy atom. The molecule has 0 spiro atoms. The second-order valence-electron chi connectivity index (χ2n) is 4.89. The summed E-state index contributed by atoms with van der Waals surface area (Å²) in [5, 5.41) is 0. The molecule has 0 fully saturated rings. The van der Waals surface area contributed by atoms with Gasteiger partial charge in [-0.25, -0.2) is 9.18 Å². The molecule has 0 amide bonds. The van der Waals surface area contributed by atoms with E-state index in [-0.39, 0.29) is 5.56 Å². The lowest BCUT2D eigenvalue weighted by Gasteiger charge is -2.10. The standard InChI is InChI=1S/C18H17FO6/c1-22-14-7-8-15(17(9-14)23-2)16(20)10-25-18(21)11-24-13-5-3-12(19)4-6-13/h3-9H,10-11H2,1-2H3. The highest BCUT2D eigenvalue weighted by atomic mass is 19.1. The number of ketones is 1. The van der Waals surface area contributed by atoms with Crippen LogP contribution >= 0.6 is 0 Å². The van der Waals surface area contributed by atoms with Gasteiger partial charge >= 0.3 is 5.97 Å². The van der Waals surface area contributed by atoms with Gasteiger partial charge in [-0.1, -0.05) is 0 Å². The Hall–Kier alpha value is -3.09. The molecular formula is C18H17FO6. The molecular weight excluding hydrogens is 331 g/mol. The van der Waals surface area contributed by atoms with Gasteiger partial charge in [-0.15, -0.1) is 0 Å². The Labute approximate surface area is 144 Å². The first-order valence-electron chi connectivity index (χ1n) is 7.32. The predicted octanol–water partition coefficient (Wildman–Crippen LogP) is 2.65. The van der Waals surface area contributed by atoms with Gasteiger partial charge in [0.05, 0.1) is 19.8 Å². The van der Waals surface area contributed by atoms with Gasteiger partial charge in [-0.3, -0.25) is 4.79 Å². The lowest BCUT2D eigenvalue weighted by molar-refractivity contribution is -0.144. The summed E-state index contributed by atoms with van der Waals surface area (Å²) in [6, 6.07) is 9.89. The van der Waals surface area contributed by atoms with Crippen LogP contribution in [-0.2, 0) is 9.53 Å². The Balaban J connectivity index is 1.86. The Bertz CT molecular complexity index is 742. The summed E-state index contributed by atoms with van der Waals surface area (Å²) in [5.41, 5.74) is 0.274. The predicted molar refractivity (Wildman–Crippen MR) is 86.7 cm³/mol. The molecule has 0 aliphatic heterocycles. The van der Waals surface area contributed by atoms with Gasteiger partial charge < -0.3 is 18.9 Å². The molecule has 2 aromatic carbocycles. The van der Waals surface area contributed by atoms with Crippen molar-refractivity contribution >= 4 is 11.8 Å². The van der Waals surface area contributed by atoms with Gasteiger partial charge in [0.15, 0.2) is 13.2 Å². The summed E-state index contributed by atoms with van der Waals surface area (Å²) in [4.78, 5) is 23.8. The van der Waals surface area contributed by atoms with Crippen LogP contribution in [0.1, 0.15) is 10.4 Å². The van der Waals surface area contributed by atoms with Crippen molar-refractivity contribution in [3.05, 3.63) is 53.8 Å². The van der Waals surface area contributed by atoms with Crippen molar-refractivity contribution < 1.29 is 32.9 Å². The van der Waals surface area contributed by atoms with Gasteiger partial charge in [0, 0.05) is 6.07 Å². The monoisotopic (exact) mass is 348 g/mol. The molecule has 0 unspecified atom stereocenters. The minimum Gasteiger partial charge on any atom is -0.497 e. The van der Waals surface area contributed by atoms with Crippen LogP contribution in [0, 0.1) is 5.82 Å². The van der Waals surface area contributed by atoms with Crippen molar-refractivity contribution in [1.82, 2.24) is 0 Å². The third-order valence-corrected chi connectivity index (χ3v) is 3.24. The van der Waals surface area contributed by atoms with E-state index in [1.807, 2.05) is 0 Å². The molecule has 0 saturated heterocycles. The van der Waals surface area contributed by atoms with Crippen molar-refractivity contribution in [2.75, 3.05) is 27.4 Å². The normalized spacial score (nSPS) is 10.0. The molecule has 0 heterocycles. The third-order valence-electron chi connectivity index (χ3n) is 3.24. The van der Waals surface area contributed by atoms with E-state index < -0.39 is 30.8 Å². The molecule has 0 radical (unpaired) electrons. The van der Waals surface area contributed by atoms with E-state index in [9.17, 15) is 14.0 Å². The first kappa shape index (κ1) is 18.3. The SMILES string of the molecule is COc1ccc(C(=O)COC(=O)COc2ccc(F)cc2)c(OC)c1. The molecule has 2 rings (SSSR count). The zero-order chi connectivity index (χ0) is 18.2. The van der Waals surface area contributed by atoms with Gasteiger partial charge in [0.1, 0.15) is 23.1 Å².